The van der Waals surface area contributed by atoms with Crippen LogP contribution in [0.3, 0.4) is 0 Å². The van der Waals surface area contributed by atoms with Gasteiger partial charge in [-0.25, -0.2) is 4.79 Å². The molecule has 0 saturated heterocycles. The zero-order valence-corrected chi connectivity index (χ0v) is 15.4. The van der Waals surface area contributed by atoms with Crippen LogP contribution in [0.15, 0.2) is 65.8 Å². The summed E-state index contributed by atoms with van der Waals surface area (Å²) < 4.78 is 5.25. The number of hydrogen-bond donors (Lipinski definition) is 0. The number of carbonyl (C=O) groups is 1. The molecule has 1 unspecified atom stereocenters. The number of ether oxygens (including phenoxy) is 1. The topological polar surface area (TPSA) is 26.3 Å². The minimum atomic E-state index is -0.294. The van der Waals surface area contributed by atoms with Crippen LogP contribution in [0.5, 0.6) is 0 Å². The lowest BCUT2D eigenvalue weighted by atomic mass is 10.0. The third kappa shape index (κ3) is 9.83. The van der Waals surface area contributed by atoms with Crippen LogP contribution < -0.4 is 0 Å². The molecule has 0 fully saturated rings. The van der Waals surface area contributed by atoms with E-state index in [4.69, 9.17) is 4.74 Å². The minimum absolute atomic E-state index is 0.294. The highest BCUT2D eigenvalue weighted by molar-refractivity contribution is 5.83. The van der Waals surface area contributed by atoms with Crippen LogP contribution in [0, 0.1) is 5.92 Å². The summed E-state index contributed by atoms with van der Waals surface area (Å²) in [4.78, 5) is 11.8. The number of hydrogen-bond acceptors (Lipinski definition) is 2. The molecule has 1 rings (SSSR count). The fourth-order valence-electron chi connectivity index (χ4n) is 2.26. The van der Waals surface area contributed by atoms with Gasteiger partial charge in [0.05, 0.1) is 0 Å². The van der Waals surface area contributed by atoms with Gasteiger partial charge in [-0.15, -0.1) is 0 Å². The maximum atomic E-state index is 11.8. The number of carbonyl (C=O) groups excluding carboxylic acids is 1. The first-order valence-electron chi connectivity index (χ1n) is 8.66. The molecule has 24 heavy (non-hydrogen) atoms. The largest absolute Gasteiger partial charge is 0.458 e. The quantitative estimate of drug-likeness (QED) is 0.240. The highest BCUT2D eigenvalue weighted by Gasteiger charge is 2.00. The summed E-state index contributed by atoms with van der Waals surface area (Å²) in [6.45, 7) is 8.77. The van der Waals surface area contributed by atoms with Gasteiger partial charge >= 0.3 is 5.97 Å². The maximum Gasteiger partial charge on any atom is 0.331 e. The summed E-state index contributed by atoms with van der Waals surface area (Å²) in [6, 6.07) is 9.71. The van der Waals surface area contributed by atoms with Gasteiger partial charge in [-0.2, -0.15) is 0 Å². The van der Waals surface area contributed by atoms with Gasteiger partial charge in [-0.3, -0.25) is 0 Å². The zero-order chi connectivity index (χ0) is 17.8. The Morgan fingerprint density at radius 2 is 1.88 bits per heavy atom. The molecule has 0 heterocycles. The highest BCUT2D eigenvalue weighted by Crippen LogP contribution is 2.13. The molecule has 2 heteroatoms. The monoisotopic (exact) mass is 326 g/mol. The highest BCUT2D eigenvalue weighted by atomic mass is 16.5. The van der Waals surface area contributed by atoms with E-state index in [2.05, 4.69) is 32.9 Å². The van der Waals surface area contributed by atoms with Gasteiger partial charge in [-0.05, 0) is 57.1 Å². The smallest absolute Gasteiger partial charge is 0.331 e. The predicted octanol–water partition coefficient (Wildman–Crippen LogP) is 6.00. The van der Waals surface area contributed by atoms with Crippen LogP contribution in [0.4, 0.5) is 0 Å². The first-order valence-corrected chi connectivity index (χ1v) is 8.66. The summed E-state index contributed by atoms with van der Waals surface area (Å²) in [5.41, 5.74) is 3.30. The molecule has 0 N–H and O–H groups in total. The molecular formula is C22H30O2. The van der Waals surface area contributed by atoms with Crippen LogP contribution in [0.2, 0.25) is 0 Å². The second kappa shape index (κ2) is 11.4. The Bertz CT molecular complexity index is 575. The second-order valence-corrected chi connectivity index (χ2v) is 6.58. The molecule has 0 radical (unpaired) electrons. The van der Waals surface area contributed by atoms with E-state index in [1.54, 1.807) is 6.08 Å². The Morgan fingerprint density at radius 1 is 1.17 bits per heavy atom. The predicted molar refractivity (Wildman–Crippen MR) is 102 cm³/mol. The normalized spacial score (nSPS) is 12.9. The molecule has 0 spiro atoms. The summed E-state index contributed by atoms with van der Waals surface area (Å²) in [5, 5.41) is 0. The van der Waals surface area contributed by atoms with Gasteiger partial charge in [0.1, 0.15) is 6.61 Å². The molecule has 0 saturated carbocycles. The fraction of sp³-hybridized carbons (Fsp3) is 0.409. The molecule has 0 aliphatic carbocycles. The van der Waals surface area contributed by atoms with E-state index in [0.717, 1.165) is 24.0 Å². The lowest BCUT2D eigenvalue weighted by Crippen LogP contribution is -2.01. The van der Waals surface area contributed by atoms with E-state index in [9.17, 15) is 4.79 Å². The van der Waals surface area contributed by atoms with Crippen LogP contribution in [0.1, 0.15) is 52.5 Å². The molecule has 130 valence electrons. The van der Waals surface area contributed by atoms with Crippen LogP contribution in [-0.4, -0.2) is 5.97 Å². The van der Waals surface area contributed by atoms with Crippen molar-refractivity contribution >= 4 is 5.97 Å². The van der Waals surface area contributed by atoms with Crippen molar-refractivity contribution < 1.29 is 9.53 Å². The number of benzene rings is 1. The third-order valence-corrected chi connectivity index (χ3v) is 3.70. The van der Waals surface area contributed by atoms with Crippen molar-refractivity contribution in [2.24, 2.45) is 5.92 Å². The van der Waals surface area contributed by atoms with Crippen molar-refractivity contribution in [3.05, 3.63) is 71.3 Å². The lowest BCUT2D eigenvalue weighted by Gasteiger charge is -2.06. The molecule has 1 aromatic rings. The van der Waals surface area contributed by atoms with E-state index in [1.165, 1.54) is 12.0 Å². The van der Waals surface area contributed by atoms with E-state index in [0.29, 0.717) is 12.5 Å². The number of rotatable bonds is 9. The maximum absolute atomic E-state index is 11.8. The molecule has 1 aromatic carbocycles. The summed E-state index contributed by atoms with van der Waals surface area (Å²) in [7, 11) is 0. The molecule has 0 aliphatic heterocycles. The van der Waals surface area contributed by atoms with Crippen LogP contribution in [-0.2, 0) is 16.1 Å². The number of esters is 1. The van der Waals surface area contributed by atoms with Gasteiger partial charge in [0.25, 0.3) is 0 Å². The molecule has 0 bridgehead atoms. The first-order chi connectivity index (χ1) is 11.5. The first kappa shape index (κ1) is 20.0. The Hall–Kier alpha value is -2.09. The third-order valence-electron chi connectivity index (χ3n) is 3.70. The van der Waals surface area contributed by atoms with E-state index in [-0.39, 0.29) is 5.97 Å². The lowest BCUT2D eigenvalue weighted by molar-refractivity contribution is -0.139. The minimum Gasteiger partial charge on any atom is -0.458 e. The molecule has 2 nitrogen and oxygen atoms in total. The van der Waals surface area contributed by atoms with E-state index in [1.807, 2.05) is 43.3 Å². The SMILES string of the molecule is CC(C)=CCCC(C)C/C=C/C(C)=C/C(=O)OCc1ccccc1. The van der Waals surface area contributed by atoms with E-state index >= 15 is 0 Å². The average Bonchev–Trinajstić information content (AvgIpc) is 2.53. The molecule has 0 aliphatic rings. The summed E-state index contributed by atoms with van der Waals surface area (Å²) >= 11 is 0. The Morgan fingerprint density at radius 3 is 2.54 bits per heavy atom. The summed E-state index contributed by atoms with van der Waals surface area (Å²) in [5.74, 6) is 0.354. The molecule has 0 aromatic heterocycles. The van der Waals surface area contributed by atoms with Gasteiger partial charge in [0.2, 0.25) is 0 Å². The van der Waals surface area contributed by atoms with Gasteiger partial charge in [0, 0.05) is 6.08 Å². The van der Waals surface area contributed by atoms with Crippen molar-refractivity contribution in [2.75, 3.05) is 0 Å². The molecule has 0 amide bonds. The Balaban J connectivity index is 2.31. The zero-order valence-electron chi connectivity index (χ0n) is 15.4. The van der Waals surface area contributed by atoms with Crippen molar-refractivity contribution in [1.82, 2.24) is 0 Å². The summed E-state index contributed by atoms with van der Waals surface area (Å²) in [6.07, 6.45) is 11.3. The standard InChI is InChI=1S/C22H30O2/c1-18(2)10-8-11-19(3)12-9-13-20(4)16-22(23)24-17-21-14-6-5-7-15-21/h5-7,9-10,13-16,19H,8,11-12,17H2,1-4H3/b13-9+,20-16+. The molecule has 1 atom stereocenters. The Kier molecular flexibility index (Phi) is 9.52. The van der Waals surface area contributed by atoms with Gasteiger partial charge in [0.15, 0.2) is 0 Å². The van der Waals surface area contributed by atoms with E-state index < -0.39 is 0 Å². The van der Waals surface area contributed by atoms with Crippen LogP contribution in [0.25, 0.3) is 0 Å². The Labute approximate surface area is 146 Å². The van der Waals surface area contributed by atoms with Gasteiger partial charge < -0.3 is 4.74 Å². The second-order valence-electron chi connectivity index (χ2n) is 6.58. The van der Waals surface area contributed by atoms with Gasteiger partial charge in [-0.1, -0.05) is 61.1 Å². The number of allylic oxidation sites excluding steroid dienone is 5. The van der Waals surface area contributed by atoms with Crippen molar-refractivity contribution in [1.29, 1.82) is 0 Å². The van der Waals surface area contributed by atoms with Crippen LogP contribution >= 0.6 is 0 Å². The average molecular weight is 326 g/mol. The van der Waals surface area contributed by atoms with Crippen molar-refractivity contribution in [3.63, 3.8) is 0 Å². The van der Waals surface area contributed by atoms with Crippen molar-refractivity contribution in [3.8, 4) is 0 Å². The van der Waals surface area contributed by atoms with Crippen molar-refractivity contribution in [2.45, 2.75) is 53.6 Å². The fourth-order valence-corrected chi connectivity index (χ4v) is 2.26. The molecular weight excluding hydrogens is 296 g/mol.